The highest BCUT2D eigenvalue weighted by Crippen LogP contribution is 2.24. The van der Waals surface area contributed by atoms with Crippen molar-refractivity contribution in [3.63, 3.8) is 0 Å². The van der Waals surface area contributed by atoms with Gasteiger partial charge in [0.2, 0.25) is 0 Å². The summed E-state index contributed by atoms with van der Waals surface area (Å²) in [4.78, 5) is 0.00992. The van der Waals surface area contributed by atoms with E-state index >= 15 is 0 Å². The van der Waals surface area contributed by atoms with Crippen molar-refractivity contribution < 1.29 is 12.8 Å². The monoisotopic (exact) mass is 305 g/mol. The van der Waals surface area contributed by atoms with Crippen LogP contribution in [0.4, 0.5) is 15.8 Å². The molecule has 0 bridgehead atoms. The van der Waals surface area contributed by atoms with Gasteiger partial charge >= 0.3 is 0 Å². The van der Waals surface area contributed by atoms with E-state index in [0.717, 1.165) is 12.1 Å². The first-order valence-corrected chi connectivity index (χ1v) is 7.40. The number of benzene rings is 2. The minimum Gasteiger partial charge on any atom is -0.399 e. The molecular weight excluding hydrogens is 293 g/mol. The highest BCUT2D eigenvalue weighted by molar-refractivity contribution is 7.92. The van der Waals surface area contributed by atoms with Gasteiger partial charge in [0, 0.05) is 5.69 Å². The van der Waals surface area contributed by atoms with Gasteiger partial charge in [0.25, 0.3) is 10.0 Å². The molecule has 0 spiro atoms. The summed E-state index contributed by atoms with van der Waals surface area (Å²) in [6, 6.07) is 9.48. The van der Waals surface area contributed by atoms with E-state index in [0.29, 0.717) is 11.3 Å². The average Bonchev–Trinajstić information content (AvgIpc) is 2.43. The maximum atomic E-state index is 13.1. The van der Waals surface area contributed by atoms with E-state index in [4.69, 9.17) is 11.0 Å². The molecule has 0 saturated carbocycles. The number of rotatable bonds is 3. The Balaban J connectivity index is 2.48. The highest BCUT2D eigenvalue weighted by Gasteiger charge is 2.19. The van der Waals surface area contributed by atoms with Crippen LogP contribution in [0.2, 0.25) is 0 Å². The average molecular weight is 305 g/mol. The van der Waals surface area contributed by atoms with Gasteiger partial charge in [-0.1, -0.05) is 6.07 Å². The summed E-state index contributed by atoms with van der Waals surface area (Å²) >= 11 is 0. The molecule has 0 fully saturated rings. The standard InChI is InChI=1S/C14H12FN3O2S/c1-9-2-4-12(17)7-14(9)21(19,20)18-13-5-3-11(15)6-10(13)8-16/h2-7,18H,17H2,1H3. The lowest BCUT2D eigenvalue weighted by atomic mass is 10.2. The molecule has 2 aromatic rings. The largest absolute Gasteiger partial charge is 0.399 e. The molecule has 0 aliphatic carbocycles. The minimum atomic E-state index is -3.92. The number of nitrogens with zero attached hydrogens (tertiary/aromatic N) is 1. The number of anilines is 2. The van der Waals surface area contributed by atoms with Crippen molar-refractivity contribution in [3.05, 3.63) is 53.3 Å². The fourth-order valence-corrected chi connectivity index (χ4v) is 3.16. The van der Waals surface area contributed by atoms with Gasteiger partial charge in [0.1, 0.15) is 11.9 Å². The van der Waals surface area contributed by atoms with Crippen molar-refractivity contribution >= 4 is 21.4 Å². The van der Waals surface area contributed by atoms with Gasteiger partial charge in [-0.3, -0.25) is 4.72 Å². The lowest BCUT2D eigenvalue weighted by Gasteiger charge is -2.12. The first-order chi connectivity index (χ1) is 9.83. The Kier molecular flexibility index (Phi) is 3.82. The topological polar surface area (TPSA) is 96.0 Å². The van der Waals surface area contributed by atoms with Crippen LogP contribution in [-0.4, -0.2) is 8.42 Å². The van der Waals surface area contributed by atoms with Gasteiger partial charge < -0.3 is 5.73 Å². The van der Waals surface area contributed by atoms with Gasteiger partial charge in [-0.05, 0) is 42.8 Å². The van der Waals surface area contributed by atoms with E-state index in [-0.39, 0.29) is 16.1 Å². The Morgan fingerprint density at radius 1 is 1.24 bits per heavy atom. The fraction of sp³-hybridized carbons (Fsp3) is 0.0714. The molecule has 2 aromatic carbocycles. The van der Waals surface area contributed by atoms with Crippen LogP contribution in [0.25, 0.3) is 0 Å². The molecule has 0 aliphatic rings. The quantitative estimate of drug-likeness (QED) is 0.851. The Labute approximate surface area is 121 Å². The zero-order valence-electron chi connectivity index (χ0n) is 11.1. The van der Waals surface area contributed by atoms with E-state index < -0.39 is 15.8 Å². The fourth-order valence-electron chi connectivity index (χ4n) is 1.80. The molecule has 0 atom stereocenters. The lowest BCUT2D eigenvalue weighted by molar-refractivity contribution is 0.600. The predicted molar refractivity (Wildman–Crippen MR) is 77.5 cm³/mol. The van der Waals surface area contributed by atoms with E-state index in [1.165, 1.54) is 12.1 Å². The molecule has 7 heteroatoms. The van der Waals surface area contributed by atoms with Crippen LogP contribution in [0.3, 0.4) is 0 Å². The SMILES string of the molecule is Cc1ccc(N)cc1S(=O)(=O)Nc1ccc(F)cc1C#N. The molecule has 0 heterocycles. The van der Waals surface area contributed by atoms with Crippen LogP contribution >= 0.6 is 0 Å². The second-order valence-electron chi connectivity index (χ2n) is 4.43. The van der Waals surface area contributed by atoms with E-state index in [1.807, 2.05) is 0 Å². The first kappa shape index (κ1) is 14.8. The number of hydrogen-bond donors (Lipinski definition) is 2. The second kappa shape index (κ2) is 5.42. The summed E-state index contributed by atoms with van der Waals surface area (Å²) in [5.74, 6) is -0.616. The maximum absolute atomic E-state index is 13.1. The Morgan fingerprint density at radius 3 is 2.62 bits per heavy atom. The third kappa shape index (κ3) is 3.12. The molecule has 0 unspecified atom stereocenters. The van der Waals surface area contributed by atoms with Gasteiger partial charge in [-0.25, -0.2) is 12.8 Å². The van der Waals surface area contributed by atoms with E-state index in [2.05, 4.69) is 4.72 Å². The molecule has 21 heavy (non-hydrogen) atoms. The zero-order valence-corrected chi connectivity index (χ0v) is 11.9. The summed E-state index contributed by atoms with van der Waals surface area (Å²) in [7, 11) is -3.92. The van der Waals surface area contributed by atoms with Crippen LogP contribution in [-0.2, 0) is 10.0 Å². The third-order valence-corrected chi connectivity index (χ3v) is 4.36. The van der Waals surface area contributed by atoms with E-state index in [9.17, 15) is 12.8 Å². The predicted octanol–water partition coefficient (Wildman–Crippen LogP) is 2.39. The number of aryl methyl sites for hydroxylation is 1. The number of sulfonamides is 1. The van der Waals surface area contributed by atoms with Crippen LogP contribution in [0.15, 0.2) is 41.3 Å². The number of nitrogens with two attached hydrogens (primary N) is 1. The van der Waals surface area contributed by atoms with Crippen molar-refractivity contribution in [2.24, 2.45) is 0 Å². The first-order valence-electron chi connectivity index (χ1n) is 5.92. The molecule has 2 rings (SSSR count). The summed E-state index contributed by atoms with van der Waals surface area (Å²) in [5, 5.41) is 8.94. The smallest absolute Gasteiger partial charge is 0.262 e. The number of nitrogens with one attached hydrogen (secondary N) is 1. The Hall–Kier alpha value is -2.59. The van der Waals surface area contributed by atoms with Crippen LogP contribution < -0.4 is 10.5 Å². The summed E-state index contributed by atoms with van der Waals surface area (Å²) in [6.07, 6.45) is 0. The number of nitrogen functional groups attached to an aromatic ring is 1. The lowest BCUT2D eigenvalue weighted by Crippen LogP contribution is -2.15. The van der Waals surface area contributed by atoms with Crippen LogP contribution in [0, 0.1) is 24.1 Å². The second-order valence-corrected chi connectivity index (χ2v) is 6.08. The van der Waals surface area contributed by atoms with Crippen molar-refractivity contribution in [1.82, 2.24) is 0 Å². The van der Waals surface area contributed by atoms with Gasteiger partial charge in [-0.15, -0.1) is 0 Å². The van der Waals surface area contributed by atoms with Gasteiger partial charge in [0.15, 0.2) is 0 Å². The minimum absolute atomic E-state index is 0.00992. The molecule has 0 aliphatic heterocycles. The molecule has 5 nitrogen and oxygen atoms in total. The summed E-state index contributed by atoms with van der Waals surface area (Å²) in [5.41, 5.74) is 6.33. The van der Waals surface area contributed by atoms with Gasteiger partial charge in [0.05, 0.1) is 16.1 Å². The molecule has 0 saturated heterocycles. The third-order valence-electron chi connectivity index (χ3n) is 2.85. The van der Waals surface area contributed by atoms with Crippen molar-refractivity contribution in [1.29, 1.82) is 5.26 Å². The summed E-state index contributed by atoms with van der Waals surface area (Å²) < 4.78 is 40.1. The molecular formula is C14H12FN3O2S. The Morgan fingerprint density at radius 2 is 1.95 bits per heavy atom. The molecule has 3 N–H and O–H groups in total. The zero-order chi connectivity index (χ0) is 15.6. The molecule has 0 aromatic heterocycles. The van der Waals surface area contributed by atoms with Crippen molar-refractivity contribution in [3.8, 4) is 6.07 Å². The van der Waals surface area contributed by atoms with E-state index in [1.54, 1.807) is 25.1 Å². The molecule has 0 radical (unpaired) electrons. The van der Waals surface area contributed by atoms with Crippen LogP contribution in [0.5, 0.6) is 0 Å². The highest BCUT2D eigenvalue weighted by atomic mass is 32.2. The number of hydrogen-bond acceptors (Lipinski definition) is 4. The maximum Gasteiger partial charge on any atom is 0.262 e. The number of halogens is 1. The number of nitriles is 1. The van der Waals surface area contributed by atoms with Crippen molar-refractivity contribution in [2.75, 3.05) is 10.5 Å². The molecule has 0 amide bonds. The van der Waals surface area contributed by atoms with Crippen molar-refractivity contribution in [2.45, 2.75) is 11.8 Å². The Bertz CT molecular complexity index is 842. The van der Waals surface area contributed by atoms with Gasteiger partial charge in [-0.2, -0.15) is 5.26 Å². The van der Waals surface area contributed by atoms with Crippen LogP contribution in [0.1, 0.15) is 11.1 Å². The summed E-state index contributed by atoms with van der Waals surface area (Å²) in [6.45, 7) is 1.63. The normalized spacial score (nSPS) is 10.9. The molecule has 108 valence electrons.